The number of rotatable bonds is 3. The summed E-state index contributed by atoms with van der Waals surface area (Å²) in [5.41, 5.74) is 0.314. The van der Waals surface area contributed by atoms with Crippen LogP contribution < -0.4 is 10.2 Å². The molecular formula is C12H19Cl2N3O4S. The number of nitrogens with zero attached hydrogens (tertiary/aromatic N) is 2. The van der Waals surface area contributed by atoms with Gasteiger partial charge in [0.2, 0.25) is 0 Å². The summed E-state index contributed by atoms with van der Waals surface area (Å²) in [6, 6.07) is 4.09. The smallest absolute Gasteiger partial charge is 0.271 e. The monoisotopic (exact) mass is 371 g/mol. The number of anilines is 1. The van der Waals surface area contributed by atoms with Crippen LogP contribution in [0.1, 0.15) is 6.92 Å². The van der Waals surface area contributed by atoms with Gasteiger partial charge in [0.25, 0.3) is 5.69 Å². The van der Waals surface area contributed by atoms with Gasteiger partial charge in [0.05, 0.1) is 15.5 Å². The Hall–Kier alpha value is -1.09. The lowest BCUT2D eigenvalue weighted by Crippen LogP contribution is -2.49. The van der Waals surface area contributed by atoms with Crippen LogP contribution in [0.5, 0.6) is 0 Å². The topological polar surface area (TPSA) is 92.5 Å². The van der Waals surface area contributed by atoms with Crippen LogP contribution >= 0.6 is 24.8 Å². The van der Waals surface area contributed by atoms with Crippen molar-refractivity contribution in [2.45, 2.75) is 17.9 Å². The highest BCUT2D eigenvalue weighted by Gasteiger charge is 2.24. The second-order valence-electron chi connectivity index (χ2n) is 4.98. The van der Waals surface area contributed by atoms with E-state index in [2.05, 4.69) is 5.32 Å². The van der Waals surface area contributed by atoms with Gasteiger partial charge in [-0.15, -0.1) is 24.8 Å². The van der Waals surface area contributed by atoms with Gasteiger partial charge in [0, 0.05) is 44.1 Å². The van der Waals surface area contributed by atoms with Crippen LogP contribution in [-0.4, -0.2) is 45.3 Å². The summed E-state index contributed by atoms with van der Waals surface area (Å²) in [6.45, 7) is 3.94. The fourth-order valence-electron chi connectivity index (χ4n) is 2.33. The number of hydrogen-bond acceptors (Lipinski definition) is 6. The van der Waals surface area contributed by atoms with Gasteiger partial charge in [-0.05, 0) is 13.0 Å². The van der Waals surface area contributed by atoms with Crippen LogP contribution in [0.15, 0.2) is 23.1 Å². The SMILES string of the molecule is C[C@H]1CN(c2cc([N+](=O)[O-])ccc2S(C)(=O)=O)CCN1.Cl.Cl. The normalized spacial score (nSPS) is 18.1. The van der Waals surface area contributed by atoms with E-state index in [4.69, 9.17) is 0 Å². The Morgan fingerprint density at radius 3 is 2.50 bits per heavy atom. The van der Waals surface area contributed by atoms with E-state index in [1.807, 2.05) is 11.8 Å². The van der Waals surface area contributed by atoms with Crippen molar-refractivity contribution in [3.05, 3.63) is 28.3 Å². The zero-order valence-electron chi connectivity index (χ0n) is 12.2. The minimum atomic E-state index is -3.43. The molecule has 1 fully saturated rings. The maximum Gasteiger partial charge on any atom is 0.271 e. The standard InChI is InChI=1S/C12H17N3O4S.2ClH/c1-9-8-14(6-5-13-9)11-7-10(15(16)17)3-4-12(11)20(2,18)19;;/h3-4,7,9,13H,5-6,8H2,1-2H3;2*1H/t9-;;/m0../s1. The molecule has 0 aromatic heterocycles. The van der Waals surface area contributed by atoms with Gasteiger partial charge in [-0.25, -0.2) is 8.42 Å². The minimum absolute atomic E-state index is 0. The number of nitrogens with one attached hydrogen (secondary N) is 1. The van der Waals surface area contributed by atoms with Gasteiger partial charge in [-0.1, -0.05) is 0 Å². The van der Waals surface area contributed by atoms with Crippen molar-refractivity contribution in [2.75, 3.05) is 30.8 Å². The number of halogens is 2. The van der Waals surface area contributed by atoms with Crippen LogP contribution in [0.3, 0.4) is 0 Å². The Labute approximate surface area is 142 Å². The molecule has 0 aliphatic carbocycles. The molecule has 0 bridgehead atoms. The maximum atomic E-state index is 11.8. The van der Waals surface area contributed by atoms with Crippen LogP contribution in [0.25, 0.3) is 0 Å². The zero-order valence-corrected chi connectivity index (χ0v) is 14.6. The molecule has 1 aromatic rings. The molecular weight excluding hydrogens is 353 g/mol. The molecule has 0 spiro atoms. The van der Waals surface area contributed by atoms with Crippen molar-refractivity contribution < 1.29 is 13.3 Å². The highest BCUT2D eigenvalue weighted by atomic mass is 35.5. The molecule has 1 aromatic carbocycles. The van der Waals surface area contributed by atoms with Gasteiger partial charge in [-0.2, -0.15) is 0 Å². The Bertz CT molecular complexity index is 639. The van der Waals surface area contributed by atoms with Crippen LogP contribution in [0.2, 0.25) is 0 Å². The lowest BCUT2D eigenvalue weighted by Gasteiger charge is -2.34. The molecule has 1 aliphatic heterocycles. The number of piperazine rings is 1. The largest absolute Gasteiger partial charge is 0.367 e. The lowest BCUT2D eigenvalue weighted by molar-refractivity contribution is -0.384. The van der Waals surface area contributed by atoms with E-state index in [1.165, 1.54) is 18.2 Å². The third-order valence-electron chi connectivity index (χ3n) is 3.26. The Balaban J connectivity index is 0.00000220. The summed E-state index contributed by atoms with van der Waals surface area (Å²) in [7, 11) is -3.43. The molecule has 0 saturated carbocycles. The molecule has 1 N–H and O–H groups in total. The molecule has 0 radical (unpaired) electrons. The number of sulfone groups is 1. The summed E-state index contributed by atoms with van der Waals surface area (Å²) in [5.74, 6) is 0. The first-order valence-corrected chi connectivity index (χ1v) is 8.15. The van der Waals surface area contributed by atoms with E-state index in [0.717, 1.165) is 6.26 Å². The molecule has 2 rings (SSSR count). The summed E-state index contributed by atoms with van der Waals surface area (Å²) in [4.78, 5) is 12.4. The molecule has 10 heteroatoms. The Kier molecular flexibility index (Phi) is 7.56. The predicted molar refractivity (Wildman–Crippen MR) is 90.4 cm³/mol. The second kappa shape index (κ2) is 7.96. The van der Waals surface area contributed by atoms with E-state index in [-0.39, 0.29) is 41.4 Å². The van der Waals surface area contributed by atoms with E-state index >= 15 is 0 Å². The second-order valence-corrected chi connectivity index (χ2v) is 6.97. The number of benzene rings is 1. The lowest BCUT2D eigenvalue weighted by atomic mass is 10.2. The van der Waals surface area contributed by atoms with Gasteiger partial charge in [-0.3, -0.25) is 10.1 Å². The van der Waals surface area contributed by atoms with Crippen molar-refractivity contribution in [2.24, 2.45) is 0 Å². The molecule has 7 nitrogen and oxygen atoms in total. The quantitative estimate of drug-likeness (QED) is 0.641. The summed E-state index contributed by atoms with van der Waals surface area (Å²) < 4.78 is 23.7. The minimum Gasteiger partial charge on any atom is -0.367 e. The molecule has 22 heavy (non-hydrogen) atoms. The average molecular weight is 372 g/mol. The summed E-state index contributed by atoms with van der Waals surface area (Å²) in [5, 5.41) is 14.1. The summed E-state index contributed by atoms with van der Waals surface area (Å²) >= 11 is 0. The van der Waals surface area contributed by atoms with Gasteiger partial charge >= 0.3 is 0 Å². The highest BCUT2D eigenvalue weighted by molar-refractivity contribution is 7.90. The third kappa shape index (κ3) is 4.70. The first kappa shape index (κ1) is 20.9. The van der Waals surface area contributed by atoms with Gasteiger partial charge in [0.1, 0.15) is 0 Å². The molecule has 0 unspecified atom stereocenters. The Morgan fingerprint density at radius 1 is 1.36 bits per heavy atom. The molecule has 126 valence electrons. The van der Waals surface area contributed by atoms with E-state index in [0.29, 0.717) is 25.3 Å². The first-order valence-electron chi connectivity index (χ1n) is 6.26. The molecule has 1 saturated heterocycles. The first-order chi connectivity index (χ1) is 9.29. The third-order valence-corrected chi connectivity index (χ3v) is 4.41. The van der Waals surface area contributed by atoms with Gasteiger partial charge in [0.15, 0.2) is 9.84 Å². The number of non-ortho nitro benzene ring substituents is 1. The highest BCUT2D eigenvalue weighted by Crippen LogP contribution is 2.30. The predicted octanol–water partition coefficient (Wildman–Crippen LogP) is 1.64. The van der Waals surface area contributed by atoms with Crippen molar-refractivity contribution in [1.29, 1.82) is 0 Å². The van der Waals surface area contributed by atoms with Crippen molar-refractivity contribution in [1.82, 2.24) is 5.32 Å². The van der Waals surface area contributed by atoms with Crippen LogP contribution in [0.4, 0.5) is 11.4 Å². The molecule has 1 atom stereocenters. The van der Waals surface area contributed by atoms with Crippen molar-refractivity contribution >= 4 is 46.0 Å². The van der Waals surface area contributed by atoms with Crippen molar-refractivity contribution in [3.8, 4) is 0 Å². The van der Waals surface area contributed by atoms with Crippen molar-refractivity contribution in [3.63, 3.8) is 0 Å². The number of nitro groups is 1. The summed E-state index contributed by atoms with van der Waals surface area (Å²) in [6.07, 6.45) is 1.11. The van der Waals surface area contributed by atoms with Crippen LogP contribution in [0, 0.1) is 10.1 Å². The molecule has 1 heterocycles. The molecule has 0 amide bonds. The van der Waals surface area contributed by atoms with Crippen LogP contribution in [-0.2, 0) is 9.84 Å². The van der Waals surface area contributed by atoms with E-state index in [9.17, 15) is 18.5 Å². The van der Waals surface area contributed by atoms with E-state index in [1.54, 1.807) is 0 Å². The van der Waals surface area contributed by atoms with E-state index < -0.39 is 14.8 Å². The Morgan fingerprint density at radius 2 is 2.00 bits per heavy atom. The molecule has 1 aliphatic rings. The number of hydrogen-bond donors (Lipinski definition) is 1. The fraction of sp³-hybridized carbons (Fsp3) is 0.500. The fourth-order valence-corrected chi connectivity index (χ4v) is 3.21. The zero-order chi connectivity index (χ0) is 14.9. The number of nitro benzene ring substituents is 1. The van der Waals surface area contributed by atoms with Gasteiger partial charge < -0.3 is 10.2 Å². The maximum absolute atomic E-state index is 11.8. The average Bonchev–Trinajstić information content (AvgIpc) is 2.37.